The van der Waals surface area contributed by atoms with E-state index in [9.17, 15) is 25.2 Å². The lowest BCUT2D eigenvalue weighted by Crippen LogP contribution is -1.99. The maximum atomic E-state index is 11.3. The first kappa shape index (κ1) is 13.5. The molecule has 0 aliphatic carbocycles. The second-order valence-electron chi connectivity index (χ2n) is 4.16. The van der Waals surface area contributed by atoms with Gasteiger partial charge in [-0.3, -0.25) is 0 Å². The molecule has 0 fully saturated rings. The molecule has 0 aromatic heterocycles. The van der Waals surface area contributed by atoms with Gasteiger partial charge in [0.25, 0.3) is 0 Å². The van der Waals surface area contributed by atoms with Crippen molar-refractivity contribution in [3.05, 3.63) is 53.6 Å². The Morgan fingerprint density at radius 2 is 1.55 bits per heavy atom. The third-order valence-electron chi connectivity index (χ3n) is 2.72. The van der Waals surface area contributed by atoms with Crippen LogP contribution in [0, 0.1) is 0 Å². The van der Waals surface area contributed by atoms with Crippen molar-refractivity contribution in [2.75, 3.05) is 0 Å². The Morgan fingerprint density at radius 1 is 0.900 bits per heavy atom. The molecule has 2 rings (SSSR count). The molecule has 2 aromatic carbocycles. The largest absolute Gasteiger partial charge is 0.508 e. The smallest absolute Gasteiger partial charge is 0.336 e. The molecule has 102 valence electrons. The van der Waals surface area contributed by atoms with Gasteiger partial charge in [-0.25, -0.2) is 4.79 Å². The second kappa shape index (κ2) is 5.36. The average molecular weight is 272 g/mol. The van der Waals surface area contributed by atoms with Crippen LogP contribution >= 0.6 is 0 Å². The number of rotatable bonds is 3. The van der Waals surface area contributed by atoms with Crippen molar-refractivity contribution >= 4 is 17.6 Å². The number of phenols is 3. The second-order valence-corrected chi connectivity index (χ2v) is 4.16. The van der Waals surface area contributed by atoms with Crippen molar-refractivity contribution in [1.82, 2.24) is 0 Å². The van der Waals surface area contributed by atoms with Crippen LogP contribution in [0.25, 0.3) is 11.6 Å². The molecule has 0 spiro atoms. The van der Waals surface area contributed by atoms with Gasteiger partial charge in [-0.2, -0.15) is 0 Å². The number of carbonyl (C=O) groups is 1. The highest BCUT2D eigenvalue weighted by Gasteiger charge is 2.12. The molecule has 5 heteroatoms. The monoisotopic (exact) mass is 272 g/mol. The van der Waals surface area contributed by atoms with Gasteiger partial charge in [-0.15, -0.1) is 0 Å². The van der Waals surface area contributed by atoms with Gasteiger partial charge in [0, 0.05) is 0 Å². The Balaban J connectivity index is 2.48. The predicted molar refractivity (Wildman–Crippen MR) is 73.4 cm³/mol. The highest BCUT2D eigenvalue weighted by Crippen LogP contribution is 2.29. The highest BCUT2D eigenvalue weighted by molar-refractivity contribution is 6.20. The van der Waals surface area contributed by atoms with Crippen molar-refractivity contribution in [3.63, 3.8) is 0 Å². The van der Waals surface area contributed by atoms with E-state index >= 15 is 0 Å². The van der Waals surface area contributed by atoms with Gasteiger partial charge in [0.1, 0.15) is 5.75 Å². The molecule has 0 saturated heterocycles. The molecule has 0 aliphatic rings. The molecule has 4 N–H and O–H groups in total. The van der Waals surface area contributed by atoms with E-state index in [1.54, 1.807) is 12.1 Å². The van der Waals surface area contributed by atoms with Gasteiger partial charge in [-0.1, -0.05) is 18.2 Å². The lowest BCUT2D eigenvalue weighted by Gasteiger charge is -2.05. The zero-order valence-corrected chi connectivity index (χ0v) is 10.3. The highest BCUT2D eigenvalue weighted by atomic mass is 16.4. The summed E-state index contributed by atoms with van der Waals surface area (Å²) in [5, 5.41) is 37.1. The summed E-state index contributed by atoms with van der Waals surface area (Å²) in [6, 6.07) is 9.82. The number of benzene rings is 2. The quantitative estimate of drug-likeness (QED) is 0.391. The van der Waals surface area contributed by atoms with E-state index in [0.717, 1.165) is 0 Å². The van der Waals surface area contributed by atoms with Crippen LogP contribution in [-0.2, 0) is 4.79 Å². The van der Waals surface area contributed by atoms with Crippen LogP contribution < -0.4 is 0 Å². The van der Waals surface area contributed by atoms with E-state index in [4.69, 9.17) is 0 Å². The first-order valence-corrected chi connectivity index (χ1v) is 5.74. The lowest BCUT2D eigenvalue weighted by molar-refractivity contribution is -0.130. The summed E-state index contributed by atoms with van der Waals surface area (Å²) in [6.45, 7) is 0. The molecule has 0 saturated carbocycles. The minimum Gasteiger partial charge on any atom is -0.508 e. The van der Waals surface area contributed by atoms with Crippen LogP contribution in [-0.4, -0.2) is 26.4 Å². The number of hydrogen-bond donors (Lipinski definition) is 4. The third kappa shape index (κ3) is 2.89. The van der Waals surface area contributed by atoms with Gasteiger partial charge >= 0.3 is 5.97 Å². The SMILES string of the molecule is O=C(O)/C(=C/c1ccc(O)cc1)c1ccc(O)c(O)c1. The predicted octanol–water partition coefficient (Wildman–Crippen LogP) is 2.43. The number of hydrogen-bond acceptors (Lipinski definition) is 4. The molecule has 5 nitrogen and oxygen atoms in total. The number of phenolic OH excluding ortho intramolecular Hbond substituents is 3. The van der Waals surface area contributed by atoms with E-state index in [-0.39, 0.29) is 28.4 Å². The lowest BCUT2D eigenvalue weighted by atomic mass is 10.0. The minimum atomic E-state index is -1.16. The molecule has 0 unspecified atom stereocenters. The number of aliphatic carboxylic acids is 1. The van der Waals surface area contributed by atoms with Crippen molar-refractivity contribution in [3.8, 4) is 17.2 Å². The third-order valence-corrected chi connectivity index (χ3v) is 2.72. The summed E-state index contributed by atoms with van der Waals surface area (Å²) in [6.07, 6.45) is 1.41. The van der Waals surface area contributed by atoms with Gasteiger partial charge in [0.15, 0.2) is 11.5 Å². The fourth-order valence-electron chi connectivity index (χ4n) is 1.70. The molecule has 2 aromatic rings. The summed E-state index contributed by atoms with van der Waals surface area (Å²) in [5.41, 5.74) is 0.819. The summed E-state index contributed by atoms with van der Waals surface area (Å²) in [5.74, 6) is -1.78. The summed E-state index contributed by atoms with van der Waals surface area (Å²) in [4.78, 5) is 11.3. The first-order chi connectivity index (χ1) is 9.47. The van der Waals surface area contributed by atoms with Crippen molar-refractivity contribution < 1.29 is 25.2 Å². The fourth-order valence-corrected chi connectivity index (χ4v) is 1.70. The summed E-state index contributed by atoms with van der Waals surface area (Å²) < 4.78 is 0. The Bertz CT molecular complexity index is 671. The zero-order valence-electron chi connectivity index (χ0n) is 10.3. The first-order valence-electron chi connectivity index (χ1n) is 5.74. The summed E-state index contributed by atoms with van der Waals surface area (Å²) >= 11 is 0. The molecule has 0 heterocycles. The zero-order chi connectivity index (χ0) is 14.7. The van der Waals surface area contributed by atoms with Crippen molar-refractivity contribution in [2.24, 2.45) is 0 Å². The van der Waals surface area contributed by atoms with Gasteiger partial charge in [0.2, 0.25) is 0 Å². The van der Waals surface area contributed by atoms with Crippen LogP contribution in [0.2, 0.25) is 0 Å². The van der Waals surface area contributed by atoms with E-state index in [0.29, 0.717) is 5.56 Å². The Morgan fingerprint density at radius 3 is 2.10 bits per heavy atom. The van der Waals surface area contributed by atoms with Gasteiger partial charge in [0.05, 0.1) is 5.57 Å². The van der Waals surface area contributed by atoms with E-state index < -0.39 is 5.97 Å². The molecular formula is C15H12O5. The Kier molecular flexibility index (Phi) is 3.61. The molecule has 0 amide bonds. The van der Waals surface area contributed by atoms with Crippen LogP contribution in [0.5, 0.6) is 17.2 Å². The summed E-state index contributed by atoms with van der Waals surface area (Å²) in [7, 11) is 0. The molecule has 20 heavy (non-hydrogen) atoms. The van der Waals surface area contributed by atoms with Crippen LogP contribution in [0.15, 0.2) is 42.5 Å². The number of carboxylic acid groups (broad SMARTS) is 1. The molecule has 0 bridgehead atoms. The number of aromatic hydroxyl groups is 3. The minimum absolute atomic E-state index is 0.0361. The fraction of sp³-hybridized carbons (Fsp3) is 0. The Hall–Kier alpha value is -2.95. The van der Waals surface area contributed by atoms with Crippen molar-refractivity contribution in [1.29, 1.82) is 0 Å². The van der Waals surface area contributed by atoms with E-state index in [2.05, 4.69) is 0 Å². The topological polar surface area (TPSA) is 98.0 Å². The van der Waals surface area contributed by atoms with Crippen LogP contribution in [0.3, 0.4) is 0 Å². The van der Waals surface area contributed by atoms with E-state index in [1.165, 1.54) is 36.4 Å². The normalized spacial score (nSPS) is 11.3. The maximum Gasteiger partial charge on any atom is 0.336 e. The van der Waals surface area contributed by atoms with Crippen molar-refractivity contribution in [2.45, 2.75) is 0 Å². The molecule has 0 aliphatic heterocycles. The maximum absolute atomic E-state index is 11.3. The van der Waals surface area contributed by atoms with E-state index in [1.807, 2.05) is 0 Å². The van der Waals surface area contributed by atoms with Crippen LogP contribution in [0.4, 0.5) is 0 Å². The molecule has 0 atom stereocenters. The van der Waals surface area contributed by atoms with Crippen LogP contribution in [0.1, 0.15) is 11.1 Å². The number of carboxylic acids is 1. The van der Waals surface area contributed by atoms with Gasteiger partial charge < -0.3 is 20.4 Å². The molecule has 0 radical (unpaired) electrons. The molecular weight excluding hydrogens is 260 g/mol. The standard InChI is InChI=1S/C15H12O5/c16-11-4-1-9(2-5-11)7-12(15(19)20)10-3-6-13(17)14(18)8-10/h1-8,16-18H,(H,19,20)/b12-7+. The Labute approximate surface area is 114 Å². The van der Waals surface area contributed by atoms with Gasteiger partial charge in [-0.05, 0) is 41.5 Å². The average Bonchev–Trinajstić information content (AvgIpc) is 2.41.